The van der Waals surface area contributed by atoms with Gasteiger partial charge >= 0.3 is 0 Å². The maximum atomic E-state index is 12.0. The van der Waals surface area contributed by atoms with Crippen molar-refractivity contribution in [3.8, 4) is 0 Å². The largest absolute Gasteiger partial charge is 0.326 e. The Morgan fingerprint density at radius 2 is 2.09 bits per heavy atom. The zero-order valence-electron chi connectivity index (χ0n) is 13.7. The van der Waals surface area contributed by atoms with Crippen molar-refractivity contribution in [1.29, 1.82) is 0 Å². The fourth-order valence-electron chi connectivity index (χ4n) is 2.56. The van der Waals surface area contributed by atoms with E-state index in [1.807, 2.05) is 25.7 Å². The Hall–Kier alpha value is -1.04. The highest BCUT2D eigenvalue weighted by molar-refractivity contribution is 7.99. The summed E-state index contributed by atoms with van der Waals surface area (Å²) in [6.45, 7) is 6.21. The van der Waals surface area contributed by atoms with Gasteiger partial charge in [-0.15, -0.1) is 0 Å². The molecular formula is C17H27N3OS. The highest BCUT2D eigenvalue weighted by Gasteiger charge is 2.12. The monoisotopic (exact) mass is 321 g/mol. The van der Waals surface area contributed by atoms with Gasteiger partial charge in [-0.05, 0) is 44.1 Å². The van der Waals surface area contributed by atoms with Gasteiger partial charge in [-0.25, -0.2) is 0 Å². The Kier molecular flexibility index (Phi) is 7.22. The van der Waals surface area contributed by atoms with Crippen LogP contribution in [0.4, 0.5) is 5.69 Å². The molecule has 1 aliphatic heterocycles. The minimum absolute atomic E-state index is 0.102. The summed E-state index contributed by atoms with van der Waals surface area (Å²) < 4.78 is 0. The summed E-state index contributed by atoms with van der Waals surface area (Å²) in [6, 6.07) is 6.41. The van der Waals surface area contributed by atoms with Crippen LogP contribution in [0.1, 0.15) is 24.0 Å². The Labute approximate surface area is 138 Å². The maximum absolute atomic E-state index is 12.0. The lowest BCUT2D eigenvalue weighted by atomic mass is 10.1. The van der Waals surface area contributed by atoms with E-state index in [9.17, 15) is 4.79 Å². The van der Waals surface area contributed by atoms with Gasteiger partial charge in [0, 0.05) is 43.2 Å². The lowest BCUT2D eigenvalue weighted by molar-refractivity contribution is -0.116. The number of rotatable bonds is 7. The summed E-state index contributed by atoms with van der Waals surface area (Å²) in [5, 5.41) is 6.12. The van der Waals surface area contributed by atoms with Crippen LogP contribution in [0.3, 0.4) is 0 Å². The van der Waals surface area contributed by atoms with Gasteiger partial charge in [0.25, 0.3) is 0 Å². The second-order valence-corrected chi connectivity index (χ2v) is 7.02. The molecule has 0 aromatic heterocycles. The van der Waals surface area contributed by atoms with E-state index >= 15 is 0 Å². The molecule has 1 aromatic rings. The lowest BCUT2D eigenvalue weighted by Gasteiger charge is -2.26. The van der Waals surface area contributed by atoms with Crippen molar-refractivity contribution in [3.05, 3.63) is 29.3 Å². The molecule has 0 spiro atoms. The average molecular weight is 321 g/mol. The van der Waals surface area contributed by atoms with Crippen LogP contribution in [0.5, 0.6) is 0 Å². The molecule has 4 nitrogen and oxygen atoms in total. The van der Waals surface area contributed by atoms with Crippen molar-refractivity contribution >= 4 is 23.4 Å². The third-order valence-corrected chi connectivity index (χ3v) is 4.86. The predicted octanol–water partition coefficient (Wildman–Crippen LogP) is 2.48. The molecule has 0 unspecified atom stereocenters. The molecule has 1 aliphatic rings. The van der Waals surface area contributed by atoms with Crippen molar-refractivity contribution in [2.45, 2.75) is 26.3 Å². The minimum Gasteiger partial charge on any atom is -0.326 e. The van der Waals surface area contributed by atoms with Crippen molar-refractivity contribution in [2.24, 2.45) is 0 Å². The number of nitrogens with zero attached hydrogens (tertiary/aromatic N) is 1. The van der Waals surface area contributed by atoms with Gasteiger partial charge in [-0.1, -0.05) is 12.1 Å². The zero-order valence-corrected chi connectivity index (χ0v) is 14.5. The van der Waals surface area contributed by atoms with E-state index in [0.717, 1.165) is 43.9 Å². The second-order valence-electron chi connectivity index (χ2n) is 5.79. The van der Waals surface area contributed by atoms with Gasteiger partial charge in [0.15, 0.2) is 0 Å². The quantitative estimate of drug-likeness (QED) is 0.757. The molecule has 0 bridgehead atoms. The third-order valence-electron chi connectivity index (χ3n) is 3.92. The highest BCUT2D eigenvalue weighted by Crippen LogP contribution is 2.20. The van der Waals surface area contributed by atoms with Crippen molar-refractivity contribution in [1.82, 2.24) is 10.2 Å². The summed E-state index contributed by atoms with van der Waals surface area (Å²) in [5.41, 5.74) is 3.36. The second kappa shape index (κ2) is 9.18. The van der Waals surface area contributed by atoms with Crippen LogP contribution in [0.25, 0.3) is 0 Å². The predicted molar refractivity (Wildman–Crippen MR) is 95.6 cm³/mol. The molecule has 0 aliphatic carbocycles. The number of carbonyl (C=O) groups is 1. The van der Waals surface area contributed by atoms with Crippen LogP contribution in [-0.4, -0.2) is 49.0 Å². The van der Waals surface area contributed by atoms with E-state index in [0.29, 0.717) is 6.42 Å². The molecule has 1 fully saturated rings. The molecule has 22 heavy (non-hydrogen) atoms. The van der Waals surface area contributed by atoms with Gasteiger partial charge in [0.05, 0.1) is 0 Å². The van der Waals surface area contributed by atoms with Gasteiger partial charge in [0.1, 0.15) is 0 Å². The first-order valence-corrected chi connectivity index (χ1v) is 9.18. The van der Waals surface area contributed by atoms with Gasteiger partial charge in [0.2, 0.25) is 5.91 Å². The Bertz CT molecular complexity index is 487. The number of anilines is 1. The van der Waals surface area contributed by atoms with E-state index in [-0.39, 0.29) is 5.91 Å². The van der Waals surface area contributed by atoms with Crippen LogP contribution in [0.2, 0.25) is 0 Å². The van der Waals surface area contributed by atoms with E-state index in [4.69, 9.17) is 0 Å². The van der Waals surface area contributed by atoms with E-state index in [2.05, 4.69) is 33.7 Å². The summed E-state index contributed by atoms with van der Waals surface area (Å²) in [4.78, 5) is 14.5. The number of nitrogens with one attached hydrogen (secondary N) is 2. The lowest BCUT2D eigenvalue weighted by Crippen LogP contribution is -2.32. The van der Waals surface area contributed by atoms with Crippen molar-refractivity contribution < 1.29 is 4.79 Å². The number of hydrogen-bond donors (Lipinski definition) is 2. The number of benzene rings is 1. The highest BCUT2D eigenvalue weighted by atomic mass is 32.2. The minimum atomic E-state index is 0.102. The van der Waals surface area contributed by atoms with Crippen LogP contribution in [-0.2, 0) is 11.3 Å². The smallest absolute Gasteiger partial charge is 0.224 e. The summed E-state index contributed by atoms with van der Waals surface area (Å²) in [6.07, 6.45) is 1.43. The molecule has 1 amide bonds. The topological polar surface area (TPSA) is 44.4 Å². The molecular weight excluding hydrogens is 294 g/mol. The molecule has 1 heterocycles. The summed E-state index contributed by atoms with van der Waals surface area (Å²) in [7, 11) is 1.91. The molecule has 5 heteroatoms. The van der Waals surface area contributed by atoms with Gasteiger partial charge in [-0.2, -0.15) is 11.8 Å². The van der Waals surface area contributed by atoms with Crippen molar-refractivity contribution in [3.63, 3.8) is 0 Å². The van der Waals surface area contributed by atoms with Crippen LogP contribution < -0.4 is 10.6 Å². The number of hydrogen-bond acceptors (Lipinski definition) is 4. The first kappa shape index (κ1) is 17.3. The van der Waals surface area contributed by atoms with Crippen LogP contribution in [0, 0.1) is 6.92 Å². The number of thioether (sulfide) groups is 1. The Morgan fingerprint density at radius 1 is 1.32 bits per heavy atom. The Balaban J connectivity index is 1.92. The molecule has 1 saturated heterocycles. The van der Waals surface area contributed by atoms with Crippen molar-refractivity contribution in [2.75, 3.05) is 43.5 Å². The number of carbonyl (C=O) groups excluding carboxylic acids is 1. The van der Waals surface area contributed by atoms with E-state index in [1.165, 1.54) is 17.1 Å². The fraction of sp³-hybridized carbons (Fsp3) is 0.588. The first-order valence-electron chi connectivity index (χ1n) is 8.03. The SMILES string of the molecule is CNCCCC(=O)Nc1cc(CN2CCSCC2)ccc1C. The molecule has 2 N–H and O–H groups in total. The molecule has 1 aromatic carbocycles. The maximum Gasteiger partial charge on any atom is 0.224 e. The van der Waals surface area contributed by atoms with E-state index in [1.54, 1.807) is 0 Å². The molecule has 2 rings (SSSR count). The third kappa shape index (κ3) is 5.63. The molecule has 122 valence electrons. The summed E-state index contributed by atoms with van der Waals surface area (Å²) >= 11 is 2.03. The standard InChI is InChI=1S/C17H27N3OS/c1-14-5-6-15(13-20-8-10-22-11-9-20)12-16(14)19-17(21)4-3-7-18-2/h5-6,12,18H,3-4,7-11,13H2,1-2H3,(H,19,21). The molecule has 0 radical (unpaired) electrons. The number of aryl methyl sites for hydroxylation is 1. The van der Waals surface area contributed by atoms with Crippen LogP contribution in [0.15, 0.2) is 18.2 Å². The zero-order chi connectivity index (χ0) is 15.8. The Morgan fingerprint density at radius 3 is 2.82 bits per heavy atom. The first-order chi connectivity index (χ1) is 10.7. The molecule has 0 atom stereocenters. The molecule has 0 saturated carbocycles. The number of amides is 1. The fourth-order valence-corrected chi connectivity index (χ4v) is 3.54. The van der Waals surface area contributed by atoms with E-state index < -0.39 is 0 Å². The normalized spacial score (nSPS) is 15.7. The summed E-state index contributed by atoms with van der Waals surface area (Å²) in [5.74, 6) is 2.55. The van der Waals surface area contributed by atoms with Gasteiger partial charge in [-0.3, -0.25) is 9.69 Å². The van der Waals surface area contributed by atoms with Gasteiger partial charge < -0.3 is 10.6 Å². The average Bonchev–Trinajstić information content (AvgIpc) is 2.52. The van der Waals surface area contributed by atoms with Crippen LogP contribution >= 0.6 is 11.8 Å².